The first-order chi connectivity index (χ1) is 14.9. The van der Waals surface area contributed by atoms with E-state index in [1.165, 1.54) is 11.3 Å². The third-order valence-corrected chi connectivity index (χ3v) is 8.80. The van der Waals surface area contributed by atoms with E-state index >= 15 is 0 Å². The highest BCUT2D eigenvalue weighted by atomic mass is 35.5. The first-order valence-corrected chi connectivity index (χ1v) is 13.3. The number of benzene rings is 2. The number of amides is 1. The number of halogens is 1. The maximum Gasteiger partial charge on any atom is 0.266 e. The minimum Gasteiger partial charge on any atom is -0.494 e. The molecule has 1 saturated heterocycles. The van der Waals surface area contributed by atoms with Gasteiger partial charge >= 0.3 is 0 Å². The van der Waals surface area contributed by atoms with Crippen LogP contribution in [0.4, 0.5) is 0 Å². The Hall–Kier alpha value is -2.09. The number of nitrogens with zero attached hydrogens (tertiary/aromatic N) is 1. The molecule has 1 atom stereocenters. The summed E-state index contributed by atoms with van der Waals surface area (Å²) in [5, 5.41) is 1.27. The molecule has 3 aromatic rings. The topological polar surface area (TPSA) is 63.7 Å². The number of fused-ring (bicyclic) bond motifs is 1. The summed E-state index contributed by atoms with van der Waals surface area (Å²) in [5.41, 5.74) is 0.915. The van der Waals surface area contributed by atoms with Crippen LogP contribution in [-0.4, -0.2) is 43.4 Å². The molecule has 2 heterocycles. The Morgan fingerprint density at radius 3 is 2.58 bits per heavy atom. The third-order valence-electron chi connectivity index (χ3n) is 5.39. The summed E-state index contributed by atoms with van der Waals surface area (Å²) in [4.78, 5) is 15.7. The molecule has 2 aromatic carbocycles. The van der Waals surface area contributed by atoms with Crippen LogP contribution in [0, 0.1) is 0 Å². The van der Waals surface area contributed by atoms with E-state index in [2.05, 4.69) is 0 Å². The molecule has 31 heavy (non-hydrogen) atoms. The Morgan fingerprint density at radius 1 is 1.19 bits per heavy atom. The molecule has 0 N–H and O–H groups in total. The molecule has 0 saturated carbocycles. The van der Waals surface area contributed by atoms with E-state index in [4.69, 9.17) is 16.3 Å². The fourth-order valence-electron chi connectivity index (χ4n) is 3.78. The molecule has 1 amide bonds. The van der Waals surface area contributed by atoms with Crippen molar-refractivity contribution in [3.05, 3.63) is 64.0 Å². The number of sulfone groups is 1. The van der Waals surface area contributed by atoms with Crippen molar-refractivity contribution in [3.8, 4) is 5.75 Å². The molecule has 164 valence electrons. The Kier molecular flexibility index (Phi) is 6.55. The summed E-state index contributed by atoms with van der Waals surface area (Å²) in [6.07, 6.45) is 1.37. The molecule has 0 spiro atoms. The van der Waals surface area contributed by atoms with Gasteiger partial charge in [0.15, 0.2) is 9.84 Å². The van der Waals surface area contributed by atoms with Crippen LogP contribution in [0.25, 0.3) is 10.1 Å². The van der Waals surface area contributed by atoms with Crippen LogP contribution >= 0.6 is 22.9 Å². The predicted octanol–water partition coefficient (Wildman–Crippen LogP) is 5.17. The van der Waals surface area contributed by atoms with Crippen LogP contribution in [0.1, 0.15) is 35.0 Å². The highest BCUT2D eigenvalue weighted by molar-refractivity contribution is 7.91. The zero-order chi connectivity index (χ0) is 22.0. The first kappa shape index (κ1) is 22.1. The summed E-state index contributed by atoms with van der Waals surface area (Å²) >= 11 is 7.91. The summed E-state index contributed by atoms with van der Waals surface area (Å²) in [7, 11) is -3.14. The van der Waals surface area contributed by atoms with Gasteiger partial charge in [-0.3, -0.25) is 4.79 Å². The Labute approximate surface area is 191 Å². The van der Waals surface area contributed by atoms with Gasteiger partial charge in [-0.2, -0.15) is 0 Å². The highest BCUT2D eigenvalue weighted by Crippen LogP contribution is 2.37. The van der Waals surface area contributed by atoms with Crippen LogP contribution in [0.5, 0.6) is 5.75 Å². The zero-order valence-corrected chi connectivity index (χ0v) is 19.6. The van der Waals surface area contributed by atoms with Gasteiger partial charge in [0.25, 0.3) is 5.91 Å². The number of hydrogen-bond acceptors (Lipinski definition) is 5. The van der Waals surface area contributed by atoms with Gasteiger partial charge in [-0.05, 0) is 36.6 Å². The highest BCUT2D eigenvalue weighted by Gasteiger charge is 2.36. The van der Waals surface area contributed by atoms with Gasteiger partial charge in [0, 0.05) is 22.7 Å². The Bertz CT molecular complexity index is 1190. The molecule has 0 unspecified atom stereocenters. The van der Waals surface area contributed by atoms with E-state index < -0.39 is 9.84 Å². The monoisotopic (exact) mass is 477 g/mol. The van der Waals surface area contributed by atoms with Crippen molar-refractivity contribution in [2.24, 2.45) is 0 Å². The molecule has 1 aliphatic heterocycles. The van der Waals surface area contributed by atoms with Crippen molar-refractivity contribution in [3.63, 3.8) is 0 Å². The number of rotatable bonds is 7. The second-order valence-electron chi connectivity index (χ2n) is 7.72. The van der Waals surface area contributed by atoms with Gasteiger partial charge in [-0.25, -0.2) is 8.42 Å². The predicted molar refractivity (Wildman–Crippen MR) is 126 cm³/mol. The Morgan fingerprint density at radius 2 is 1.94 bits per heavy atom. The Balaban J connectivity index is 1.64. The fraction of sp³-hybridized carbons (Fsp3) is 0.348. The van der Waals surface area contributed by atoms with Gasteiger partial charge in [-0.1, -0.05) is 48.9 Å². The van der Waals surface area contributed by atoms with Crippen LogP contribution in [0.2, 0.25) is 5.02 Å². The van der Waals surface area contributed by atoms with Crippen LogP contribution < -0.4 is 4.74 Å². The number of thiophene rings is 1. The lowest BCUT2D eigenvalue weighted by molar-refractivity contribution is 0.0686. The quantitative estimate of drug-likeness (QED) is 0.470. The van der Waals surface area contributed by atoms with Gasteiger partial charge in [-0.15, -0.1) is 11.3 Å². The van der Waals surface area contributed by atoms with E-state index in [0.29, 0.717) is 29.5 Å². The average molecular weight is 478 g/mol. The number of carbonyl (C=O) groups excluding carboxylic acids is 1. The molecule has 0 bridgehead atoms. The minimum absolute atomic E-state index is 0.0149. The van der Waals surface area contributed by atoms with Crippen LogP contribution in [0.15, 0.2) is 48.5 Å². The van der Waals surface area contributed by atoms with Crippen LogP contribution in [-0.2, 0) is 16.4 Å². The second kappa shape index (κ2) is 9.18. The van der Waals surface area contributed by atoms with Crippen molar-refractivity contribution in [2.75, 3.05) is 18.1 Å². The lowest BCUT2D eigenvalue weighted by Gasteiger charge is -2.28. The SMILES string of the molecule is CCCOc1ccc(CN(C(=O)c2sc3ccccc3c2Cl)[C@@H]2CCS(=O)(=O)C2)cc1. The zero-order valence-electron chi connectivity index (χ0n) is 17.2. The lowest BCUT2D eigenvalue weighted by Crippen LogP contribution is -2.40. The second-order valence-corrected chi connectivity index (χ2v) is 11.4. The van der Waals surface area contributed by atoms with Crippen molar-refractivity contribution in [1.82, 2.24) is 4.90 Å². The molecule has 0 aliphatic carbocycles. The van der Waals surface area contributed by atoms with Crippen LogP contribution in [0.3, 0.4) is 0 Å². The van der Waals surface area contributed by atoms with Gasteiger partial charge in [0.2, 0.25) is 0 Å². The number of ether oxygens (including phenoxy) is 1. The summed E-state index contributed by atoms with van der Waals surface area (Å²) < 4.78 is 30.8. The van der Waals surface area contributed by atoms with Gasteiger partial charge in [0.05, 0.1) is 23.1 Å². The molecule has 4 rings (SSSR count). The van der Waals surface area contributed by atoms with E-state index in [1.54, 1.807) is 4.90 Å². The first-order valence-electron chi connectivity index (χ1n) is 10.3. The average Bonchev–Trinajstić information content (AvgIpc) is 3.30. The molecule has 1 aromatic heterocycles. The van der Waals surface area contributed by atoms with E-state index in [-0.39, 0.29) is 23.5 Å². The van der Waals surface area contributed by atoms with E-state index in [9.17, 15) is 13.2 Å². The number of carbonyl (C=O) groups is 1. The van der Waals surface area contributed by atoms with Gasteiger partial charge < -0.3 is 9.64 Å². The molecule has 8 heteroatoms. The van der Waals surface area contributed by atoms with Crippen molar-refractivity contribution in [2.45, 2.75) is 32.4 Å². The molecule has 5 nitrogen and oxygen atoms in total. The van der Waals surface area contributed by atoms with Crippen molar-refractivity contribution in [1.29, 1.82) is 0 Å². The van der Waals surface area contributed by atoms with Gasteiger partial charge in [0.1, 0.15) is 10.6 Å². The molecule has 1 fully saturated rings. The maximum absolute atomic E-state index is 13.6. The molecular formula is C23H24ClNO4S2. The summed E-state index contributed by atoms with van der Waals surface area (Å²) in [6.45, 7) is 3.01. The molecule has 0 radical (unpaired) electrons. The van der Waals surface area contributed by atoms with E-state index in [1.807, 2.05) is 55.5 Å². The van der Waals surface area contributed by atoms with E-state index in [0.717, 1.165) is 27.8 Å². The normalized spacial score (nSPS) is 17.7. The van der Waals surface area contributed by atoms with Crippen molar-refractivity contribution >= 4 is 48.8 Å². The molecular weight excluding hydrogens is 454 g/mol. The standard InChI is InChI=1S/C23H24ClNO4S2/c1-2-12-29-18-9-7-16(8-10-18)14-25(17-11-13-31(27,28)15-17)23(26)22-21(24)19-5-3-4-6-20(19)30-22/h3-10,17H,2,11-15H2,1H3/t17-/m1/s1. The minimum atomic E-state index is -3.14. The number of hydrogen-bond donors (Lipinski definition) is 0. The lowest BCUT2D eigenvalue weighted by atomic mass is 10.1. The van der Waals surface area contributed by atoms with Crippen molar-refractivity contribution < 1.29 is 17.9 Å². The third kappa shape index (κ3) is 4.89. The molecule has 1 aliphatic rings. The summed E-state index contributed by atoms with van der Waals surface area (Å²) in [5.74, 6) is 0.642. The fourth-order valence-corrected chi connectivity index (χ4v) is 6.98. The summed E-state index contributed by atoms with van der Waals surface area (Å²) in [6, 6.07) is 14.9. The smallest absolute Gasteiger partial charge is 0.266 e. The maximum atomic E-state index is 13.6. The largest absolute Gasteiger partial charge is 0.494 e.